The molecule has 0 spiro atoms. The summed E-state index contributed by atoms with van der Waals surface area (Å²) < 4.78 is 48.2. The Hall–Kier alpha value is -3.01. The Morgan fingerprint density at radius 1 is 1.24 bits per heavy atom. The van der Waals surface area contributed by atoms with E-state index < -0.39 is 20.7 Å². The van der Waals surface area contributed by atoms with Crippen LogP contribution in [-0.2, 0) is 10.0 Å². The molecule has 10 heteroatoms. The molecule has 1 aliphatic rings. The number of benzene rings is 1. The predicted molar refractivity (Wildman–Crippen MR) is 104 cm³/mol. The lowest BCUT2D eigenvalue weighted by Gasteiger charge is -2.22. The van der Waals surface area contributed by atoms with Crippen molar-refractivity contribution < 1.29 is 17.5 Å². The van der Waals surface area contributed by atoms with Crippen LogP contribution < -0.4 is 9.46 Å². The Morgan fingerprint density at radius 3 is 2.83 bits per heavy atom. The maximum absolute atomic E-state index is 14.7. The summed E-state index contributed by atoms with van der Waals surface area (Å²) in [5, 5.41) is 6.96. The molecule has 8 nitrogen and oxygen atoms in total. The lowest BCUT2D eigenvalue weighted by atomic mass is 10.0. The molecule has 0 aliphatic heterocycles. The number of hydrogen-bond donors (Lipinski definition) is 2. The fraction of sp³-hybridized carbons (Fsp3) is 0.316. The van der Waals surface area contributed by atoms with Crippen LogP contribution >= 0.6 is 0 Å². The number of hydrogen-bond acceptors (Lipinski definition) is 6. The summed E-state index contributed by atoms with van der Waals surface area (Å²) in [7, 11) is -4.14. The van der Waals surface area contributed by atoms with Crippen molar-refractivity contribution in [2.45, 2.75) is 43.1 Å². The fourth-order valence-corrected chi connectivity index (χ4v) is 4.73. The summed E-state index contributed by atoms with van der Waals surface area (Å²) in [6.45, 7) is 1.69. The molecular formula is C19H20FN5O3S. The van der Waals surface area contributed by atoms with E-state index in [0.29, 0.717) is 11.3 Å². The summed E-state index contributed by atoms with van der Waals surface area (Å²) in [5.74, 6) is -0.350. The van der Waals surface area contributed by atoms with E-state index in [1.54, 1.807) is 13.1 Å². The number of aryl methyl sites for hydroxylation is 1. The van der Waals surface area contributed by atoms with Crippen LogP contribution in [0.1, 0.15) is 36.4 Å². The van der Waals surface area contributed by atoms with Gasteiger partial charge in [-0.2, -0.15) is 5.10 Å². The highest BCUT2D eigenvalue weighted by Gasteiger charge is 2.32. The van der Waals surface area contributed by atoms with Gasteiger partial charge in [0.2, 0.25) is 0 Å². The second kappa shape index (κ2) is 7.78. The van der Waals surface area contributed by atoms with Crippen LogP contribution in [0, 0.1) is 12.7 Å². The van der Waals surface area contributed by atoms with Gasteiger partial charge < -0.3 is 4.74 Å². The van der Waals surface area contributed by atoms with E-state index in [1.807, 2.05) is 6.07 Å². The Bertz CT molecular complexity index is 1090. The van der Waals surface area contributed by atoms with Gasteiger partial charge in [0.25, 0.3) is 10.0 Å². The number of rotatable bonds is 6. The number of halogens is 1. The second-order valence-electron chi connectivity index (χ2n) is 6.95. The number of ether oxygens (including phenoxy) is 1. The molecule has 0 bridgehead atoms. The molecule has 0 radical (unpaired) electrons. The largest absolute Gasteiger partial charge is 0.489 e. The fourth-order valence-electron chi connectivity index (χ4n) is 3.57. The van der Waals surface area contributed by atoms with Crippen molar-refractivity contribution in [2.75, 3.05) is 4.72 Å². The zero-order chi connectivity index (χ0) is 20.4. The van der Waals surface area contributed by atoms with Crippen LogP contribution in [0.2, 0.25) is 0 Å². The molecule has 0 saturated heterocycles. The first-order valence-corrected chi connectivity index (χ1v) is 10.7. The lowest BCUT2D eigenvalue weighted by Crippen LogP contribution is -2.21. The highest BCUT2D eigenvalue weighted by molar-refractivity contribution is 7.92. The van der Waals surface area contributed by atoms with Crippen LogP contribution in [0.3, 0.4) is 0 Å². The van der Waals surface area contributed by atoms with Crippen molar-refractivity contribution in [3.8, 4) is 5.75 Å². The van der Waals surface area contributed by atoms with Crippen molar-refractivity contribution in [1.82, 2.24) is 20.2 Å². The van der Waals surface area contributed by atoms with Gasteiger partial charge in [0.1, 0.15) is 34.7 Å². The first-order chi connectivity index (χ1) is 13.9. The molecule has 29 heavy (non-hydrogen) atoms. The second-order valence-corrected chi connectivity index (χ2v) is 8.60. The summed E-state index contributed by atoms with van der Waals surface area (Å²) in [4.78, 5) is 7.06. The van der Waals surface area contributed by atoms with Gasteiger partial charge in [-0.3, -0.25) is 9.82 Å². The van der Waals surface area contributed by atoms with E-state index in [-0.39, 0.29) is 17.8 Å². The minimum absolute atomic E-state index is 0.0609. The van der Waals surface area contributed by atoms with Gasteiger partial charge in [-0.05, 0) is 49.9 Å². The molecule has 1 fully saturated rings. The van der Waals surface area contributed by atoms with E-state index in [0.717, 1.165) is 31.0 Å². The summed E-state index contributed by atoms with van der Waals surface area (Å²) in [5.41, 5.74) is 1.52. The first-order valence-electron chi connectivity index (χ1n) is 9.19. The summed E-state index contributed by atoms with van der Waals surface area (Å²) >= 11 is 0. The number of nitrogens with zero attached hydrogens (tertiary/aromatic N) is 3. The Balaban J connectivity index is 1.57. The van der Waals surface area contributed by atoms with Crippen molar-refractivity contribution in [1.29, 1.82) is 0 Å². The number of sulfonamides is 1. The molecule has 4 rings (SSSR count). The normalized spacial score (nSPS) is 19.2. The van der Waals surface area contributed by atoms with Gasteiger partial charge in [0.05, 0.1) is 0 Å². The van der Waals surface area contributed by atoms with Crippen LogP contribution in [-0.4, -0.2) is 34.7 Å². The van der Waals surface area contributed by atoms with Gasteiger partial charge in [0, 0.05) is 30.1 Å². The van der Waals surface area contributed by atoms with Gasteiger partial charge >= 0.3 is 0 Å². The number of nitrogens with one attached hydrogen (secondary N) is 2. The van der Waals surface area contributed by atoms with Crippen molar-refractivity contribution in [3.05, 3.63) is 60.1 Å². The molecule has 1 saturated carbocycles. The molecule has 0 amide bonds. The molecule has 2 N–H and O–H groups in total. The van der Waals surface area contributed by atoms with Gasteiger partial charge in [-0.15, -0.1) is 0 Å². The smallest absolute Gasteiger partial charge is 0.265 e. The lowest BCUT2D eigenvalue weighted by molar-refractivity contribution is 0.186. The van der Waals surface area contributed by atoms with E-state index in [1.165, 1.54) is 24.7 Å². The minimum atomic E-state index is -4.14. The first kappa shape index (κ1) is 19.3. The molecule has 2 atom stereocenters. The third kappa shape index (κ3) is 4.07. The van der Waals surface area contributed by atoms with Crippen molar-refractivity contribution >= 4 is 15.8 Å². The van der Waals surface area contributed by atoms with E-state index >= 15 is 0 Å². The average molecular weight is 417 g/mol. The van der Waals surface area contributed by atoms with E-state index in [9.17, 15) is 12.8 Å². The molecular weight excluding hydrogens is 397 g/mol. The Morgan fingerprint density at radius 2 is 2.10 bits per heavy atom. The third-order valence-corrected chi connectivity index (χ3v) is 6.36. The SMILES string of the molecule is Cc1cc(S(=O)(=O)Nc2ccncn2)c(F)cc1OC1CCCC1c1ccn[nH]1. The maximum atomic E-state index is 14.7. The number of anilines is 1. The number of aromatic nitrogens is 4. The van der Waals surface area contributed by atoms with Gasteiger partial charge in [-0.25, -0.2) is 22.8 Å². The van der Waals surface area contributed by atoms with Crippen LogP contribution in [0.25, 0.3) is 0 Å². The monoisotopic (exact) mass is 417 g/mol. The summed E-state index contributed by atoms with van der Waals surface area (Å²) in [6, 6.07) is 5.70. The molecule has 2 unspecified atom stereocenters. The Labute approximate surface area is 167 Å². The van der Waals surface area contributed by atoms with Crippen LogP contribution in [0.4, 0.5) is 10.2 Å². The van der Waals surface area contributed by atoms with Crippen molar-refractivity contribution in [3.63, 3.8) is 0 Å². The zero-order valence-corrected chi connectivity index (χ0v) is 16.5. The quantitative estimate of drug-likeness (QED) is 0.638. The predicted octanol–water partition coefficient (Wildman–Crippen LogP) is 3.16. The standard InChI is InChI=1S/C19H20FN5O3S/c1-12-9-18(29(26,27)25-19-6-7-21-11-22-19)14(20)10-17(12)28-16-4-2-3-13(16)15-5-8-23-24-15/h5-11,13,16H,2-4H2,1H3,(H,23,24)(H,21,22,25). The van der Waals surface area contributed by atoms with Crippen molar-refractivity contribution in [2.24, 2.45) is 0 Å². The molecule has 1 aliphatic carbocycles. The highest BCUT2D eigenvalue weighted by atomic mass is 32.2. The number of aromatic amines is 1. The Kier molecular flexibility index (Phi) is 5.18. The third-order valence-electron chi connectivity index (χ3n) is 4.99. The van der Waals surface area contributed by atoms with E-state index in [4.69, 9.17) is 4.74 Å². The van der Waals surface area contributed by atoms with Gasteiger partial charge in [0.15, 0.2) is 0 Å². The van der Waals surface area contributed by atoms with Crippen LogP contribution in [0.5, 0.6) is 5.75 Å². The molecule has 152 valence electrons. The topological polar surface area (TPSA) is 110 Å². The minimum Gasteiger partial charge on any atom is -0.489 e. The molecule has 1 aromatic carbocycles. The highest BCUT2D eigenvalue weighted by Crippen LogP contribution is 2.37. The number of H-pyrrole nitrogens is 1. The molecule has 3 aromatic rings. The average Bonchev–Trinajstić information content (AvgIpc) is 3.36. The maximum Gasteiger partial charge on any atom is 0.265 e. The van der Waals surface area contributed by atoms with Gasteiger partial charge in [-0.1, -0.05) is 0 Å². The molecule has 2 aromatic heterocycles. The summed E-state index contributed by atoms with van der Waals surface area (Å²) in [6.07, 6.45) is 6.93. The zero-order valence-electron chi connectivity index (χ0n) is 15.7. The van der Waals surface area contributed by atoms with E-state index in [2.05, 4.69) is 24.9 Å². The van der Waals surface area contributed by atoms with Crippen LogP contribution in [0.15, 0.2) is 47.9 Å². The molecule has 2 heterocycles.